The highest BCUT2D eigenvalue weighted by molar-refractivity contribution is 7.13. The average molecular weight is 297 g/mol. The molecule has 1 aromatic rings. The predicted octanol–water partition coefficient (Wildman–Crippen LogP) is 1.05. The van der Waals surface area contributed by atoms with Crippen molar-refractivity contribution in [2.75, 3.05) is 57.4 Å². The first-order valence-corrected chi connectivity index (χ1v) is 8.25. The molecule has 1 N–H and O–H groups in total. The second-order valence-electron chi connectivity index (χ2n) is 5.85. The molecule has 0 aliphatic carbocycles. The van der Waals surface area contributed by atoms with Crippen LogP contribution in [0.25, 0.3) is 0 Å². The summed E-state index contributed by atoms with van der Waals surface area (Å²) in [5.74, 6) is 0. The maximum absolute atomic E-state index is 9.05. The molecule has 20 heavy (non-hydrogen) atoms. The van der Waals surface area contributed by atoms with Crippen molar-refractivity contribution in [3.63, 3.8) is 0 Å². The molecule has 2 aliphatic heterocycles. The van der Waals surface area contributed by atoms with Crippen LogP contribution in [-0.4, -0.2) is 67.5 Å². The number of hydrogen-bond acceptors (Lipinski definition) is 6. The molecule has 1 aromatic heterocycles. The fourth-order valence-electron chi connectivity index (χ4n) is 3.22. The quantitative estimate of drug-likeness (QED) is 0.904. The van der Waals surface area contributed by atoms with Crippen molar-refractivity contribution in [3.8, 4) is 0 Å². The van der Waals surface area contributed by atoms with Gasteiger partial charge in [0.1, 0.15) is 0 Å². The van der Waals surface area contributed by atoms with Crippen LogP contribution in [-0.2, 0) is 4.74 Å². The van der Waals surface area contributed by atoms with Crippen molar-refractivity contribution < 1.29 is 9.84 Å². The van der Waals surface area contributed by atoms with Crippen molar-refractivity contribution in [1.82, 2.24) is 9.88 Å². The molecule has 6 heteroatoms. The van der Waals surface area contributed by atoms with E-state index in [9.17, 15) is 0 Å². The Kier molecular flexibility index (Phi) is 4.55. The Labute approximate surface area is 124 Å². The molecule has 5 nitrogen and oxygen atoms in total. The minimum absolute atomic E-state index is 0.258. The molecule has 2 aliphatic rings. The Morgan fingerprint density at radius 3 is 2.90 bits per heavy atom. The number of β-amino-alcohol motifs (C(OH)–C–C–N with tert-alkyl or cyclic N) is 1. The van der Waals surface area contributed by atoms with Gasteiger partial charge in [0, 0.05) is 36.6 Å². The number of likely N-dealkylation sites (tertiary alicyclic amines) is 1. The zero-order valence-electron chi connectivity index (χ0n) is 11.8. The molecular weight excluding hydrogens is 274 g/mol. The molecule has 2 fully saturated rings. The summed E-state index contributed by atoms with van der Waals surface area (Å²) in [7, 11) is 0. The van der Waals surface area contributed by atoms with Gasteiger partial charge in [-0.1, -0.05) is 0 Å². The predicted molar refractivity (Wildman–Crippen MR) is 80.3 cm³/mol. The van der Waals surface area contributed by atoms with Crippen molar-refractivity contribution >= 4 is 16.5 Å². The number of hydrogen-bond donors (Lipinski definition) is 1. The Balaban J connectivity index is 1.66. The molecule has 2 saturated heterocycles. The number of ether oxygens (including phenoxy) is 1. The summed E-state index contributed by atoms with van der Waals surface area (Å²) in [6.07, 6.45) is 4.17. The molecule has 3 rings (SSSR count). The zero-order valence-corrected chi connectivity index (χ0v) is 12.6. The van der Waals surface area contributed by atoms with Gasteiger partial charge >= 0.3 is 0 Å². The van der Waals surface area contributed by atoms with Gasteiger partial charge in [-0.15, -0.1) is 11.3 Å². The number of anilines is 1. The van der Waals surface area contributed by atoms with E-state index in [1.165, 1.54) is 0 Å². The number of aliphatic hydroxyl groups excluding tert-OH is 1. The summed E-state index contributed by atoms with van der Waals surface area (Å²) >= 11 is 1.71. The van der Waals surface area contributed by atoms with E-state index in [1.54, 1.807) is 11.3 Å². The van der Waals surface area contributed by atoms with Crippen molar-refractivity contribution in [3.05, 3.63) is 11.6 Å². The van der Waals surface area contributed by atoms with E-state index < -0.39 is 0 Å². The Hall–Kier alpha value is -0.690. The summed E-state index contributed by atoms with van der Waals surface area (Å²) in [5, 5.41) is 12.2. The zero-order chi connectivity index (χ0) is 13.8. The van der Waals surface area contributed by atoms with Crippen LogP contribution in [0.1, 0.15) is 12.8 Å². The van der Waals surface area contributed by atoms with Gasteiger partial charge in [-0.25, -0.2) is 4.98 Å². The molecule has 0 aromatic carbocycles. The summed E-state index contributed by atoms with van der Waals surface area (Å²) < 4.78 is 5.88. The van der Waals surface area contributed by atoms with Gasteiger partial charge in [0.25, 0.3) is 0 Å². The monoisotopic (exact) mass is 297 g/mol. The summed E-state index contributed by atoms with van der Waals surface area (Å²) in [6.45, 7) is 6.83. The maximum Gasteiger partial charge on any atom is 0.185 e. The number of aliphatic hydroxyl groups is 1. The maximum atomic E-state index is 9.05. The highest BCUT2D eigenvalue weighted by atomic mass is 32.1. The molecular formula is C14H23N3O2S. The lowest BCUT2D eigenvalue weighted by Gasteiger charge is -2.42. The van der Waals surface area contributed by atoms with E-state index in [2.05, 4.69) is 14.8 Å². The molecule has 0 amide bonds. The summed E-state index contributed by atoms with van der Waals surface area (Å²) in [5.41, 5.74) is 0.258. The third kappa shape index (κ3) is 3.14. The molecule has 0 radical (unpaired) electrons. The van der Waals surface area contributed by atoms with E-state index in [0.29, 0.717) is 0 Å². The SMILES string of the molecule is OCCN1CCC2(CC1)COCCN(c1nccs1)C2. The first kappa shape index (κ1) is 14.3. The number of aromatic nitrogens is 1. The highest BCUT2D eigenvalue weighted by Gasteiger charge is 2.38. The van der Waals surface area contributed by atoms with Crippen LogP contribution in [0.15, 0.2) is 11.6 Å². The summed E-state index contributed by atoms with van der Waals surface area (Å²) in [4.78, 5) is 9.19. The van der Waals surface area contributed by atoms with E-state index in [0.717, 1.165) is 63.9 Å². The molecule has 3 heterocycles. The third-order valence-electron chi connectivity index (χ3n) is 4.46. The van der Waals surface area contributed by atoms with E-state index in [-0.39, 0.29) is 12.0 Å². The average Bonchev–Trinajstić information content (AvgIpc) is 2.92. The molecule has 0 unspecified atom stereocenters. The van der Waals surface area contributed by atoms with Crippen LogP contribution in [0.4, 0.5) is 5.13 Å². The molecule has 1 spiro atoms. The van der Waals surface area contributed by atoms with E-state index >= 15 is 0 Å². The molecule has 0 bridgehead atoms. The first-order valence-electron chi connectivity index (χ1n) is 7.37. The van der Waals surface area contributed by atoms with Crippen molar-refractivity contribution in [2.45, 2.75) is 12.8 Å². The summed E-state index contributed by atoms with van der Waals surface area (Å²) in [6, 6.07) is 0. The number of rotatable bonds is 3. The topological polar surface area (TPSA) is 48.8 Å². The van der Waals surface area contributed by atoms with Crippen LogP contribution in [0.5, 0.6) is 0 Å². The van der Waals surface area contributed by atoms with Crippen molar-refractivity contribution in [1.29, 1.82) is 0 Å². The van der Waals surface area contributed by atoms with E-state index in [4.69, 9.17) is 9.84 Å². The first-order chi connectivity index (χ1) is 9.81. The fraction of sp³-hybridized carbons (Fsp3) is 0.786. The lowest BCUT2D eigenvalue weighted by molar-refractivity contribution is 0.0185. The van der Waals surface area contributed by atoms with Crippen LogP contribution >= 0.6 is 11.3 Å². The number of thiazole rings is 1. The van der Waals surface area contributed by atoms with Gasteiger partial charge in [-0.2, -0.15) is 0 Å². The van der Waals surface area contributed by atoms with Gasteiger partial charge in [0.05, 0.1) is 19.8 Å². The standard InChI is InChI=1S/C14H23N3O2S/c18-8-6-16-4-1-14(2-5-16)11-17(7-9-19-12-14)13-15-3-10-20-13/h3,10,18H,1-2,4-9,11-12H2. The van der Waals surface area contributed by atoms with Crippen LogP contribution in [0, 0.1) is 5.41 Å². The second-order valence-corrected chi connectivity index (χ2v) is 6.73. The Morgan fingerprint density at radius 2 is 2.20 bits per heavy atom. The van der Waals surface area contributed by atoms with Gasteiger partial charge in [-0.05, 0) is 25.9 Å². The normalized spacial score (nSPS) is 23.9. The second kappa shape index (κ2) is 6.39. The van der Waals surface area contributed by atoms with Gasteiger partial charge in [0.2, 0.25) is 0 Å². The third-order valence-corrected chi connectivity index (χ3v) is 5.30. The fourth-order valence-corrected chi connectivity index (χ4v) is 3.89. The van der Waals surface area contributed by atoms with Crippen molar-refractivity contribution in [2.24, 2.45) is 5.41 Å². The molecule has 0 saturated carbocycles. The number of nitrogens with zero attached hydrogens (tertiary/aromatic N) is 3. The Morgan fingerprint density at radius 1 is 1.35 bits per heavy atom. The van der Waals surface area contributed by atoms with Crippen LogP contribution < -0.4 is 4.90 Å². The van der Waals surface area contributed by atoms with Crippen LogP contribution in [0.3, 0.4) is 0 Å². The Bertz CT molecular complexity index is 405. The van der Waals surface area contributed by atoms with E-state index in [1.807, 2.05) is 11.6 Å². The van der Waals surface area contributed by atoms with Crippen LogP contribution in [0.2, 0.25) is 0 Å². The molecule has 112 valence electrons. The lowest BCUT2D eigenvalue weighted by Crippen LogP contribution is -2.48. The minimum Gasteiger partial charge on any atom is -0.395 e. The highest BCUT2D eigenvalue weighted by Crippen LogP contribution is 2.36. The van der Waals surface area contributed by atoms with Gasteiger partial charge < -0.3 is 19.6 Å². The lowest BCUT2D eigenvalue weighted by atomic mass is 9.78. The van der Waals surface area contributed by atoms with Gasteiger partial charge in [-0.3, -0.25) is 0 Å². The molecule has 0 atom stereocenters. The smallest absolute Gasteiger partial charge is 0.185 e. The number of piperidine rings is 1. The largest absolute Gasteiger partial charge is 0.395 e. The minimum atomic E-state index is 0.258. The van der Waals surface area contributed by atoms with Gasteiger partial charge in [0.15, 0.2) is 5.13 Å².